The molecule has 0 spiro atoms. The van der Waals surface area contributed by atoms with E-state index in [1.165, 1.54) is 38.6 Å². The van der Waals surface area contributed by atoms with Crippen LogP contribution >= 0.6 is 12.4 Å². The topological polar surface area (TPSA) is 21.3 Å². The second kappa shape index (κ2) is 6.36. The van der Waals surface area contributed by atoms with Crippen LogP contribution in [0.1, 0.15) is 43.7 Å². The first-order valence-electron chi connectivity index (χ1n) is 7.68. The van der Waals surface area contributed by atoms with Gasteiger partial charge in [0.1, 0.15) is 5.75 Å². The third-order valence-electron chi connectivity index (χ3n) is 5.23. The summed E-state index contributed by atoms with van der Waals surface area (Å²) in [5.74, 6) is 1.83. The van der Waals surface area contributed by atoms with Gasteiger partial charge in [0.05, 0.1) is 7.11 Å². The van der Waals surface area contributed by atoms with Crippen molar-refractivity contribution in [2.45, 2.75) is 44.4 Å². The summed E-state index contributed by atoms with van der Waals surface area (Å²) in [6.07, 6.45) is 6.45. The van der Waals surface area contributed by atoms with Gasteiger partial charge in [-0.3, -0.25) is 0 Å². The number of benzene rings is 1. The second-order valence-corrected chi connectivity index (χ2v) is 6.12. The highest BCUT2D eigenvalue weighted by Crippen LogP contribution is 2.49. The van der Waals surface area contributed by atoms with Crippen LogP contribution in [-0.4, -0.2) is 20.2 Å². The van der Waals surface area contributed by atoms with Crippen molar-refractivity contribution in [1.29, 1.82) is 0 Å². The van der Waals surface area contributed by atoms with E-state index in [2.05, 4.69) is 30.4 Å². The number of rotatable bonds is 3. The largest absolute Gasteiger partial charge is 0.497 e. The van der Waals surface area contributed by atoms with Gasteiger partial charge in [-0.25, -0.2) is 0 Å². The molecule has 2 nitrogen and oxygen atoms in total. The maximum atomic E-state index is 5.47. The molecular weight excluding hydrogens is 270 g/mol. The fraction of sp³-hybridized carbons (Fsp3) is 0.647. The Morgan fingerprint density at radius 3 is 3.00 bits per heavy atom. The molecule has 0 bridgehead atoms. The van der Waals surface area contributed by atoms with Crippen LogP contribution in [0, 0.1) is 5.92 Å². The number of aryl methyl sites for hydroxylation is 1. The minimum Gasteiger partial charge on any atom is -0.497 e. The first-order valence-corrected chi connectivity index (χ1v) is 7.68. The standard InChI is InChI=1S/C17H25NO.ClH/c1-3-8-17-9-10-18-12-14(17)6-4-13-5-7-15(19-2)11-16(13)17;/h5,7,11,14,18H,3-4,6,8-10,12H2,1-2H3;1H/t14-,17+;/m0./s1. The maximum Gasteiger partial charge on any atom is 0.119 e. The summed E-state index contributed by atoms with van der Waals surface area (Å²) in [5, 5.41) is 3.60. The van der Waals surface area contributed by atoms with Gasteiger partial charge >= 0.3 is 0 Å². The summed E-state index contributed by atoms with van der Waals surface area (Å²) in [6, 6.07) is 6.74. The van der Waals surface area contributed by atoms with E-state index in [0.717, 1.165) is 18.2 Å². The van der Waals surface area contributed by atoms with Crippen LogP contribution in [0.5, 0.6) is 5.75 Å². The Balaban J connectivity index is 0.00000147. The van der Waals surface area contributed by atoms with Crippen LogP contribution in [0.3, 0.4) is 0 Å². The highest BCUT2D eigenvalue weighted by molar-refractivity contribution is 5.85. The van der Waals surface area contributed by atoms with E-state index in [-0.39, 0.29) is 12.4 Å². The van der Waals surface area contributed by atoms with Crippen molar-refractivity contribution >= 4 is 12.4 Å². The number of hydrogen-bond acceptors (Lipinski definition) is 2. The molecule has 0 aromatic heterocycles. The van der Waals surface area contributed by atoms with Crippen molar-refractivity contribution in [1.82, 2.24) is 5.32 Å². The van der Waals surface area contributed by atoms with Crippen molar-refractivity contribution in [3.8, 4) is 5.75 Å². The van der Waals surface area contributed by atoms with Gasteiger partial charge < -0.3 is 10.1 Å². The van der Waals surface area contributed by atoms with Gasteiger partial charge in [0, 0.05) is 5.41 Å². The van der Waals surface area contributed by atoms with Crippen molar-refractivity contribution in [3.05, 3.63) is 29.3 Å². The second-order valence-electron chi connectivity index (χ2n) is 6.12. The Kier molecular flexibility index (Phi) is 4.98. The summed E-state index contributed by atoms with van der Waals surface area (Å²) >= 11 is 0. The molecule has 1 aliphatic heterocycles. The van der Waals surface area contributed by atoms with Crippen molar-refractivity contribution in [2.24, 2.45) is 5.92 Å². The number of piperidine rings is 1. The molecule has 2 atom stereocenters. The lowest BCUT2D eigenvalue weighted by Gasteiger charge is -2.49. The molecule has 1 aliphatic carbocycles. The summed E-state index contributed by atoms with van der Waals surface area (Å²) < 4.78 is 5.47. The Bertz CT molecular complexity index is 458. The molecule has 0 amide bonds. The monoisotopic (exact) mass is 295 g/mol. The molecule has 0 saturated carbocycles. The third kappa shape index (κ3) is 2.44. The number of hydrogen-bond donors (Lipinski definition) is 1. The molecule has 1 N–H and O–H groups in total. The summed E-state index contributed by atoms with van der Waals surface area (Å²) in [5.41, 5.74) is 3.56. The van der Waals surface area contributed by atoms with E-state index in [4.69, 9.17) is 4.74 Å². The highest BCUT2D eigenvalue weighted by Gasteiger charge is 2.44. The minimum atomic E-state index is 0. The molecule has 1 fully saturated rings. The molecular formula is C17H26ClNO. The molecule has 1 saturated heterocycles. The fourth-order valence-electron chi connectivity index (χ4n) is 4.32. The highest BCUT2D eigenvalue weighted by atomic mass is 35.5. The predicted octanol–water partition coefficient (Wildman–Crippen LogP) is 3.71. The minimum absolute atomic E-state index is 0. The number of methoxy groups -OCH3 is 1. The maximum absolute atomic E-state index is 5.47. The van der Waals surface area contributed by atoms with Crippen LogP contribution in [0.2, 0.25) is 0 Å². The number of nitrogens with one attached hydrogen (secondary N) is 1. The van der Waals surface area contributed by atoms with Gasteiger partial charge in [-0.15, -0.1) is 12.4 Å². The SMILES string of the molecule is CCC[C@@]12CCNC[C@@H]1CCc1ccc(OC)cc12.Cl. The molecule has 1 heterocycles. The van der Waals surface area contributed by atoms with Gasteiger partial charge in [-0.1, -0.05) is 19.4 Å². The molecule has 2 aliphatic rings. The quantitative estimate of drug-likeness (QED) is 0.918. The molecule has 0 radical (unpaired) electrons. The Hall–Kier alpha value is -0.730. The van der Waals surface area contributed by atoms with Gasteiger partial charge in [-0.05, 0) is 68.0 Å². The smallest absolute Gasteiger partial charge is 0.119 e. The van der Waals surface area contributed by atoms with E-state index in [1.807, 2.05) is 0 Å². The lowest BCUT2D eigenvalue weighted by molar-refractivity contribution is 0.160. The molecule has 3 rings (SSSR count). The fourth-order valence-corrected chi connectivity index (χ4v) is 4.32. The third-order valence-corrected chi connectivity index (χ3v) is 5.23. The number of ether oxygens (including phenoxy) is 1. The predicted molar refractivity (Wildman–Crippen MR) is 86.1 cm³/mol. The molecule has 1 aromatic carbocycles. The van der Waals surface area contributed by atoms with E-state index >= 15 is 0 Å². The number of halogens is 1. The molecule has 3 heteroatoms. The zero-order valence-corrected chi connectivity index (χ0v) is 13.4. The van der Waals surface area contributed by atoms with Crippen LogP contribution in [0.4, 0.5) is 0 Å². The zero-order valence-electron chi connectivity index (χ0n) is 12.6. The molecule has 112 valence electrons. The Labute approximate surface area is 128 Å². The number of fused-ring (bicyclic) bond motifs is 3. The lowest BCUT2D eigenvalue weighted by atomic mass is 9.58. The molecule has 1 aromatic rings. The summed E-state index contributed by atoms with van der Waals surface area (Å²) in [4.78, 5) is 0. The Morgan fingerprint density at radius 2 is 2.25 bits per heavy atom. The van der Waals surface area contributed by atoms with Crippen LogP contribution < -0.4 is 10.1 Å². The molecule has 20 heavy (non-hydrogen) atoms. The van der Waals surface area contributed by atoms with Crippen molar-refractivity contribution < 1.29 is 4.74 Å². The zero-order chi connectivity index (χ0) is 13.3. The average Bonchev–Trinajstić information content (AvgIpc) is 2.47. The average molecular weight is 296 g/mol. The van der Waals surface area contributed by atoms with Gasteiger partial charge in [0.25, 0.3) is 0 Å². The lowest BCUT2D eigenvalue weighted by Crippen LogP contribution is -2.50. The van der Waals surface area contributed by atoms with E-state index < -0.39 is 0 Å². The van der Waals surface area contributed by atoms with E-state index in [1.54, 1.807) is 18.2 Å². The van der Waals surface area contributed by atoms with Gasteiger partial charge in [0.15, 0.2) is 0 Å². The van der Waals surface area contributed by atoms with Gasteiger partial charge in [-0.2, -0.15) is 0 Å². The van der Waals surface area contributed by atoms with Crippen LogP contribution in [0.25, 0.3) is 0 Å². The van der Waals surface area contributed by atoms with Crippen LogP contribution in [-0.2, 0) is 11.8 Å². The normalized spacial score (nSPS) is 28.0. The van der Waals surface area contributed by atoms with Gasteiger partial charge in [0.2, 0.25) is 0 Å². The van der Waals surface area contributed by atoms with E-state index in [0.29, 0.717) is 5.41 Å². The molecule has 0 unspecified atom stereocenters. The Morgan fingerprint density at radius 1 is 1.40 bits per heavy atom. The summed E-state index contributed by atoms with van der Waals surface area (Å²) in [7, 11) is 1.77. The summed E-state index contributed by atoms with van der Waals surface area (Å²) in [6.45, 7) is 4.67. The first kappa shape index (κ1) is 15.7. The van der Waals surface area contributed by atoms with Crippen molar-refractivity contribution in [2.75, 3.05) is 20.2 Å². The van der Waals surface area contributed by atoms with E-state index in [9.17, 15) is 0 Å². The first-order chi connectivity index (χ1) is 9.30. The van der Waals surface area contributed by atoms with Crippen LogP contribution in [0.15, 0.2) is 18.2 Å². The van der Waals surface area contributed by atoms with Crippen molar-refractivity contribution in [3.63, 3.8) is 0 Å².